The lowest BCUT2D eigenvalue weighted by Gasteiger charge is -2.29. The first-order chi connectivity index (χ1) is 26.7. The van der Waals surface area contributed by atoms with E-state index in [1.807, 2.05) is 0 Å². The summed E-state index contributed by atoms with van der Waals surface area (Å²) in [6, 6.07) is -6.50. The zero-order chi connectivity index (χ0) is 42.3. The molecule has 326 valence electrons. The lowest BCUT2D eigenvalue weighted by Crippen LogP contribution is -2.62. The molecule has 0 aliphatic carbocycles. The molecule has 5 amide bonds. The molecule has 56 heavy (non-hydrogen) atoms. The second-order valence-electron chi connectivity index (χ2n) is 15.3. The van der Waals surface area contributed by atoms with Crippen LogP contribution in [0.25, 0.3) is 0 Å². The van der Waals surface area contributed by atoms with Crippen LogP contribution in [0.1, 0.15) is 156 Å². The van der Waals surface area contributed by atoms with Crippen LogP contribution < -0.4 is 38.1 Å². The summed E-state index contributed by atoms with van der Waals surface area (Å²) in [5.41, 5.74) is 11.2. The van der Waals surface area contributed by atoms with E-state index in [0.717, 1.165) is 19.3 Å². The maximum absolute atomic E-state index is 13.6. The summed E-state index contributed by atoms with van der Waals surface area (Å²) < 4.78 is 0. The topological polar surface area (TPSA) is 275 Å². The average Bonchev–Trinajstić information content (AvgIpc) is 3.15. The smallest absolute Gasteiger partial charge is 0.328 e. The molecule has 16 heteroatoms. The molecule has 0 heterocycles. The summed E-state index contributed by atoms with van der Waals surface area (Å²) in [5, 5.41) is 41.8. The molecular weight excluding hydrogens is 722 g/mol. The van der Waals surface area contributed by atoms with Gasteiger partial charge in [0, 0.05) is 6.42 Å². The van der Waals surface area contributed by atoms with E-state index < -0.39 is 78.4 Å². The SMILES string of the molecule is CCCCCCCCCCCCCCCC(=O)N[C@@H](CCCCN)C(=O)N[C@H](C(=O)N[C@H](C(=O)N[C@@H](CCCCN)C(=O)N[C@@H](CO)C(=O)O)[C@@H](C)O)C(C)C. The van der Waals surface area contributed by atoms with Crippen molar-refractivity contribution >= 4 is 35.5 Å². The normalized spacial score (nSPS) is 14.5. The Labute approximate surface area is 335 Å². The summed E-state index contributed by atoms with van der Waals surface area (Å²) in [6.45, 7) is 6.72. The van der Waals surface area contributed by atoms with Crippen molar-refractivity contribution in [2.75, 3.05) is 19.7 Å². The molecule has 0 saturated heterocycles. The summed E-state index contributed by atoms with van der Waals surface area (Å²) in [7, 11) is 0. The molecule has 0 unspecified atom stereocenters. The lowest BCUT2D eigenvalue weighted by atomic mass is 10.0. The predicted octanol–water partition coefficient (Wildman–Crippen LogP) is 2.26. The molecule has 12 N–H and O–H groups in total. The maximum atomic E-state index is 13.6. The number of aliphatic carboxylic acids is 1. The molecular formula is C40H77N7O9. The van der Waals surface area contributed by atoms with Gasteiger partial charge in [-0.2, -0.15) is 0 Å². The molecule has 0 rings (SSSR count). The number of nitrogens with one attached hydrogen (secondary N) is 5. The number of carboxylic acid groups (broad SMARTS) is 1. The van der Waals surface area contributed by atoms with Crippen LogP contribution in [0.5, 0.6) is 0 Å². The number of hydrogen-bond donors (Lipinski definition) is 10. The second-order valence-corrected chi connectivity index (χ2v) is 15.3. The van der Waals surface area contributed by atoms with Gasteiger partial charge in [0.05, 0.1) is 12.7 Å². The van der Waals surface area contributed by atoms with Gasteiger partial charge in [-0.15, -0.1) is 0 Å². The minimum absolute atomic E-state index is 0.0638. The van der Waals surface area contributed by atoms with Crippen molar-refractivity contribution in [3.63, 3.8) is 0 Å². The number of unbranched alkanes of at least 4 members (excludes halogenated alkanes) is 14. The maximum Gasteiger partial charge on any atom is 0.328 e. The highest BCUT2D eigenvalue weighted by atomic mass is 16.4. The van der Waals surface area contributed by atoms with E-state index in [2.05, 4.69) is 33.5 Å². The molecule has 0 spiro atoms. The molecule has 0 aromatic carbocycles. The number of carbonyl (C=O) groups excluding carboxylic acids is 5. The first kappa shape index (κ1) is 52.7. The standard InChI is InChI=1S/C40H77N7O9/c1-5-6-7-8-9-10-11-12-13-14-15-16-17-24-33(50)43-30(22-18-20-25-41)37(52)46-34(28(2)3)38(53)47-35(29(4)49)39(54)44-31(23-19-21-26-42)36(51)45-32(27-48)40(55)56/h28-32,34-35,48-49H,5-27,41-42H2,1-4H3,(H,43,50)(H,44,54)(H,45,51)(H,46,52)(H,47,53)(H,55,56)/t29-,30+,31+,32+,34+,35+/m1/s1. The quantitative estimate of drug-likeness (QED) is 0.0415. The predicted molar refractivity (Wildman–Crippen MR) is 217 cm³/mol. The van der Waals surface area contributed by atoms with Crippen LogP contribution in [0, 0.1) is 5.92 Å². The van der Waals surface area contributed by atoms with Crippen molar-refractivity contribution < 1.29 is 44.1 Å². The number of hydrogen-bond acceptors (Lipinski definition) is 10. The Morgan fingerprint density at radius 1 is 0.518 bits per heavy atom. The Kier molecular flexibility index (Phi) is 30.8. The minimum atomic E-state index is -1.61. The Hall–Kier alpha value is -3.34. The van der Waals surface area contributed by atoms with Crippen LogP contribution in [0.15, 0.2) is 0 Å². The number of carbonyl (C=O) groups is 6. The van der Waals surface area contributed by atoms with Crippen LogP contribution in [-0.2, 0) is 28.8 Å². The van der Waals surface area contributed by atoms with E-state index >= 15 is 0 Å². The highest BCUT2D eigenvalue weighted by Gasteiger charge is 2.35. The largest absolute Gasteiger partial charge is 0.480 e. The Bertz CT molecular complexity index is 1130. The van der Waals surface area contributed by atoms with Crippen molar-refractivity contribution in [3.05, 3.63) is 0 Å². The summed E-state index contributed by atoms with van der Waals surface area (Å²) in [5.74, 6) is -5.34. The van der Waals surface area contributed by atoms with Gasteiger partial charge in [-0.05, 0) is 70.9 Å². The van der Waals surface area contributed by atoms with Crippen LogP contribution >= 0.6 is 0 Å². The summed E-state index contributed by atoms with van der Waals surface area (Å²) in [4.78, 5) is 77.7. The van der Waals surface area contributed by atoms with E-state index in [4.69, 9.17) is 11.5 Å². The van der Waals surface area contributed by atoms with Gasteiger partial charge in [0.15, 0.2) is 0 Å². The molecule has 6 atom stereocenters. The van der Waals surface area contributed by atoms with Crippen molar-refractivity contribution in [2.24, 2.45) is 17.4 Å². The van der Waals surface area contributed by atoms with Gasteiger partial charge in [0.1, 0.15) is 30.2 Å². The molecule has 0 aliphatic rings. The van der Waals surface area contributed by atoms with Crippen molar-refractivity contribution in [3.8, 4) is 0 Å². The van der Waals surface area contributed by atoms with Crippen LogP contribution in [0.2, 0.25) is 0 Å². The van der Waals surface area contributed by atoms with Gasteiger partial charge in [-0.1, -0.05) is 97.8 Å². The van der Waals surface area contributed by atoms with E-state index in [1.54, 1.807) is 13.8 Å². The van der Waals surface area contributed by atoms with Gasteiger partial charge in [0.2, 0.25) is 29.5 Å². The van der Waals surface area contributed by atoms with Crippen molar-refractivity contribution in [1.29, 1.82) is 0 Å². The van der Waals surface area contributed by atoms with Gasteiger partial charge in [-0.25, -0.2) is 4.79 Å². The van der Waals surface area contributed by atoms with Gasteiger partial charge < -0.3 is 53.4 Å². The van der Waals surface area contributed by atoms with E-state index in [0.29, 0.717) is 51.6 Å². The molecule has 16 nitrogen and oxygen atoms in total. The molecule has 0 bridgehead atoms. The summed E-state index contributed by atoms with van der Waals surface area (Å²) >= 11 is 0. The first-order valence-corrected chi connectivity index (χ1v) is 21.2. The highest BCUT2D eigenvalue weighted by Crippen LogP contribution is 2.14. The fourth-order valence-electron chi connectivity index (χ4n) is 6.25. The number of rotatable bonds is 35. The molecule has 0 aromatic rings. The highest BCUT2D eigenvalue weighted by molar-refractivity contribution is 5.96. The van der Waals surface area contributed by atoms with Crippen LogP contribution in [0.4, 0.5) is 0 Å². The molecule has 0 aliphatic heterocycles. The van der Waals surface area contributed by atoms with Gasteiger partial charge in [-0.3, -0.25) is 24.0 Å². The van der Waals surface area contributed by atoms with Crippen LogP contribution in [0.3, 0.4) is 0 Å². The third-order valence-corrected chi connectivity index (χ3v) is 9.79. The number of nitrogens with two attached hydrogens (primary N) is 2. The Morgan fingerprint density at radius 3 is 1.36 bits per heavy atom. The van der Waals surface area contributed by atoms with Crippen molar-refractivity contribution in [1.82, 2.24) is 26.6 Å². The monoisotopic (exact) mass is 800 g/mol. The van der Waals surface area contributed by atoms with Gasteiger partial charge in [0.25, 0.3) is 0 Å². The minimum Gasteiger partial charge on any atom is -0.480 e. The third-order valence-electron chi connectivity index (χ3n) is 9.79. The van der Waals surface area contributed by atoms with E-state index in [1.165, 1.54) is 64.7 Å². The zero-order valence-corrected chi connectivity index (χ0v) is 34.8. The first-order valence-electron chi connectivity index (χ1n) is 21.2. The fourth-order valence-corrected chi connectivity index (χ4v) is 6.25. The van der Waals surface area contributed by atoms with E-state index in [-0.39, 0.29) is 18.7 Å². The van der Waals surface area contributed by atoms with Crippen molar-refractivity contribution in [2.45, 2.75) is 192 Å². The molecule has 0 radical (unpaired) electrons. The summed E-state index contributed by atoms with van der Waals surface area (Å²) in [6.07, 6.45) is 16.7. The third kappa shape index (κ3) is 24.3. The molecule has 0 fully saturated rings. The number of aliphatic hydroxyl groups excluding tert-OH is 2. The molecule has 0 aromatic heterocycles. The van der Waals surface area contributed by atoms with E-state index in [9.17, 15) is 44.1 Å². The average molecular weight is 800 g/mol. The second kappa shape index (κ2) is 32.7. The van der Waals surface area contributed by atoms with Gasteiger partial charge >= 0.3 is 5.97 Å². The number of amides is 5. The lowest BCUT2D eigenvalue weighted by molar-refractivity contribution is -0.143. The van der Waals surface area contributed by atoms with Crippen LogP contribution in [-0.4, -0.2) is 107 Å². The zero-order valence-electron chi connectivity index (χ0n) is 34.8. The Balaban J connectivity index is 5.38. The molecule has 0 saturated carbocycles. The number of carboxylic acids is 1. The number of aliphatic hydroxyl groups is 2. The Morgan fingerprint density at radius 2 is 0.929 bits per heavy atom. The fraction of sp³-hybridized carbons (Fsp3) is 0.850.